The Morgan fingerprint density at radius 1 is 0.944 bits per heavy atom. The second-order valence-electron chi connectivity index (χ2n) is 7.90. The quantitative estimate of drug-likeness (QED) is 0.385. The first-order chi connectivity index (χ1) is 17.4. The number of amides is 2. The highest BCUT2D eigenvalue weighted by Gasteiger charge is 2.27. The van der Waals surface area contributed by atoms with Crippen LogP contribution in [0.15, 0.2) is 34.9 Å². The van der Waals surface area contributed by atoms with Gasteiger partial charge in [0, 0.05) is 11.6 Å². The van der Waals surface area contributed by atoms with Crippen LogP contribution in [0.25, 0.3) is 11.4 Å². The number of benzene rings is 2. The maximum Gasteiger partial charge on any atom is 0.320 e. The monoisotopic (exact) mass is 500 g/mol. The molecule has 0 saturated carbocycles. The van der Waals surface area contributed by atoms with E-state index in [2.05, 4.69) is 20.8 Å². The minimum absolute atomic E-state index is 0.00162. The predicted octanol–water partition coefficient (Wildman–Crippen LogP) is 4.69. The van der Waals surface area contributed by atoms with Crippen molar-refractivity contribution in [3.63, 3.8) is 0 Å². The minimum atomic E-state index is -0.539. The molecule has 11 heteroatoms. The van der Waals surface area contributed by atoms with Crippen molar-refractivity contribution in [2.45, 2.75) is 26.3 Å². The van der Waals surface area contributed by atoms with E-state index in [-0.39, 0.29) is 11.8 Å². The Bertz CT molecular complexity index is 1160. The van der Waals surface area contributed by atoms with Gasteiger partial charge in [0.25, 0.3) is 0 Å². The molecule has 0 aliphatic rings. The third-order valence-electron chi connectivity index (χ3n) is 5.79. The number of hydrogen-bond acceptors (Lipinski definition) is 9. The molecule has 0 aliphatic carbocycles. The van der Waals surface area contributed by atoms with Crippen LogP contribution in [0.1, 0.15) is 32.2 Å². The second-order valence-corrected chi connectivity index (χ2v) is 7.90. The maximum absolute atomic E-state index is 12.9. The molecule has 2 amide bonds. The zero-order chi connectivity index (χ0) is 26.2. The van der Waals surface area contributed by atoms with Crippen LogP contribution in [-0.4, -0.2) is 51.7 Å². The Morgan fingerprint density at radius 2 is 1.61 bits per heavy atom. The predicted molar refractivity (Wildman–Crippen MR) is 133 cm³/mol. The Balaban J connectivity index is 1.86. The van der Waals surface area contributed by atoms with Crippen molar-refractivity contribution in [3.8, 4) is 40.1 Å². The number of urea groups is 1. The highest BCUT2D eigenvalue weighted by molar-refractivity contribution is 5.91. The summed E-state index contributed by atoms with van der Waals surface area (Å²) in [6.45, 7) is 4.00. The smallest absolute Gasteiger partial charge is 0.320 e. The average molecular weight is 501 g/mol. The summed E-state index contributed by atoms with van der Waals surface area (Å²) in [4.78, 5) is 17.5. The van der Waals surface area contributed by atoms with Gasteiger partial charge in [0.05, 0.1) is 41.2 Å². The molecule has 36 heavy (non-hydrogen) atoms. The van der Waals surface area contributed by atoms with E-state index in [9.17, 15) is 4.79 Å². The zero-order valence-electron chi connectivity index (χ0n) is 21.5. The third kappa shape index (κ3) is 5.73. The summed E-state index contributed by atoms with van der Waals surface area (Å²) in [5, 5.41) is 9.87. The van der Waals surface area contributed by atoms with Crippen molar-refractivity contribution >= 4 is 11.7 Å². The van der Waals surface area contributed by atoms with Crippen molar-refractivity contribution in [2.75, 3.05) is 40.9 Å². The molecule has 1 aromatic heterocycles. The third-order valence-corrected chi connectivity index (χ3v) is 5.79. The molecule has 0 aliphatic heterocycles. The molecule has 11 nitrogen and oxygen atoms in total. The van der Waals surface area contributed by atoms with Gasteiger partial charge in [-0.15, -0.1) is 0 Å². The fourth-order valence-electron chi connectivity index (χ4n) is 3.57. The molecule has 2 aromatic carbocycles. The summed E-state index contributed by atoms with van der Waals surface area (Å²) in [6, 6.07) is 7.58. The molecular weight excluding hydrogens is 468 g/mol. The summed E-state index contributed by atoms with van der Waals surface area (Å²) in [5.74, 6) is 3.04. The Labute approximate surface area is 210 Å². The van der Waals surface area contributed by atoms with Gasteiger partial charge < -0.3 is 38.8 Å². The van der Waals surface area contributed by atoms with Crippen molar-refractivity contribution in [2.24, 2.45) is 5.92 Å². The number of methoxy groups -OCH3 is 5. The van der Waals surface area contributed by atoms with E-state index in [0.29, 0.717) is 45.8 Å². The molecule has 0 bridgehead atoms. The summed E-state index contributed by atoms with van der Waals surface area (Å²) in [5.41, 5.74) is 1.09. The number of nitrogens with zero attached hydrogens (tertiary/aromatic N) is 2. The highest BCUT2D eigenvalue weighted by Crippen LogP contribution is 2.41. The molecule has 1 heterocycles. The standard InChI is InChI=1S/C25H32N4O7/c1-8-14(2)21(27-25(30)26-17-10-9-16(31-3)13-18(17)32-4)24-28-23(29-36-24)15-11-19(33-5)22(35-7)20(12-15)34-6/h9-14,21H,8H2,1-7H3,(H2,26,27,30). The van der Waals surface area contributed by atoms with Gasteiger partial charge in [0.1, 0.15) is 17.5 Å². The van der Waals surface area contributed by atoms with E-state index in [4.69, 9.17) is 28.2 Å². The topological polar surface area (TPSA) is 126 Å². The molecule has 2 atom stereocenters. The first-order valence-corrected chi connectivity index (χ1v) is 11.3. The second kappa shape index (κ2) is 12.0. The van der Waals surface area contributed by atoms with Gasteiger partial charge in [0.2, 0.25) is 17.5 Å². The van der Waals surface area contributed by atoms with Crippen LogP contribution >= 0.6 is 0 Å². The maximum atomic E-state index is 12.9. The molecular formula is C25H32N4O7. The SMILES string of the molecule is CCC(C)C(NC(=O)Nc1ccc(OC)cc1OC)c1nc(-c2cc(OC)c(OC)c(OC)c2)no1. The Hall–Kier alpha value is -4.15. The highest BCUT2D eigenvalue weighted by atomic mass is 16.5. The van der Waals surface area contributed by atoms with Crippen molar-refractivity contribution < 1.29 is 33.0 Å². The number of ether oxygens (including phenoxy) is 5. The number of rotatable bonds is 11. The molecule has 0 fully saturated rings. The molecule has 0 spiro atoms. The molecule has 2 unspecified atom stereocenters. The van der Waals surface area contributed by atoms with Gasteiger partial charge in [-0.25, -0.2) is 4.79 Å². The number of nitrogens with one attached hydrogen (secondary N) is 2. The molecule has 3 rings (SSSR count). The largest absolute Gasteiger partial charge is 0.497 e. The summed E-state index contributed by atoms with van der Waals surface area (Å²) < 4.78 is 32.4. The van der Waals surface area contributed by atoms with Crippen molar-refractivity contribution in [3.05, 3.63) is 36.2 Å². The fraction of sp³-hybridized carbons (Fsp3) is 0.400. The van der Waals surface area contributed by atoms with Crippen molar-refractivity contribution in [1.29, 1.82) is 0 Å². The fourth-order valence-corrected chi connectivity index (χ4v) is 3.57. The number of aromatic nitrogens is 2. The van der Waals surface area contributed by atoms with Crippen LogP contribution in [-0.2, 0) is 0 Å². The lowest BCUT2D eigenvalue weighted by Crippen LogP contribution is -2.36. The average Bonchev–Trinajstić information content (AvgIpc) is 3.40. The van der Waals surface area contributed by atoms with E-state index >= 15 is 0 Å². The molecule has 194 valence electrons. The lowest BCUT2D eigenvalue weighted by Gasteiger charge is -2.21. The lowest BCUT2D eigenvalue weighted by atomic mass is 9.99. The molecule has 3 aromatic rings. The van der Waals surface area contributed by atoms with Crippen LogP contribution in [0.4, 0.5) is 10.5 Å². The number of hydrogen-bond donors (Lipinski definition) is 2. The van der Waals surface area contributed by atoms with Crippen LogP contribution < -0.4 is 34.3 Å². The van der Waals surface area contributed by atoms with Gasteiger partial charge in [-0.2, -0.15) is 4.98 Å². The molecule has 0 saturated heterocycles. The zero-order valence-corrected chi connectivity index (χ0v) is 21.5. The van der Waals surface area contributed by atoms with Gasteiger partial charge in [-0.3, -0.25) is 0 Å². The molecule has 2 N–H and O–H groups in total. The van der Waals surface area contributed by atoms with Gasteiger partial charge >= 0.3 is 6.03 Å². The minimum Gasteiger partial charge on any atom is -0.497 e. The van der Waals surface area contributed by atoms with Crippen LogP contribution in [0.5, 0.6) is 28.7 Å². The van der Waals surface area contributed by atoms with Gasteiger partial charge in [-0.1, -0.05) is 25.4 Å². The van der Waals surface area contributed by atoms with Gasteiger partial charge in [0.15, 0.2) is 11.5 Å². The van der Waals surface area contributed by atoms with E-state index in [0.717, 1.165) is 6.42 Å². The Kier molecular flexibility index (Phi) is 8.82. The number of carbonyl (C=O) groups is 1. The van der Waals surface area contributed by atoms with E-state index in [1.54, 1.807) is 37.4 Å². The van der Waals surface area contributed by atoms with E-state index in [1.807, 2.05) is 13.8 Å². The lowest BCUT2D eigenvalue weighted by molar-refractivity contribution is 0.232. The summed E-state index contributed by atoms with van der Waals surface area (Å²) in [7, 11) is 7.66. The van der Waals surface area contributed by atoms with E-state index < -0.39 is 12.1 Å². The normalized spacial score (nSPS) is 12.3. The molecule has 0 radical (unpaired) electrons. The number of carbonyl (C=O) groups excluding carboxylic acids is 1. The van der Waals surface area contributed by atoms with Gasteiger partial charge in [-0.05, 0) is 30.2 Å². The summed E-state index contributed by atoms with van der Waals surface area (Å²) in [6.07, 6.45) is 0.763. The number of anilines is 1. The van der Waals surface area contributed by atoms with E-state index in [1.165, 1.54) is 28.4 Å². The van der Waals surface area contributed by atoms with Crippen LogP contribution in [0.2, 0.25) is 0 Å². The first-order valence-electron chi connectivity index (χ1n) is 11.3. The van der Waals surface area contributed by atoms with Crippen molar-refractivity contribution in [1.82, 2.24) is 15.5 Å². The Morgan fingerprint density at radius 3 is 2.17 bits per heavy atom. The summed E-state index contributed by atoms with van der Waals surface area (Å²) >= 11 is 0. The van der Waals surface area contributed by atoms with Crippen LogP contribution in [0.3, 0.4) is 0 Å². The van der Waals surface area contributed by atoms with Crippen LogP contribution in [0, 0.1) is 5.92 Å². The first kappa shape index (κ1) is 26.5.